The summed E-state index contributed by atoms with van der Waals surface area (Å²) in [6, 6.07) is 0.694. The molecule has 0 saturated heterocycles. The number of hydrogen-bond donors (Lipinski definition) is 0. The molecule has 1 nitrogen and oxygen atoms in total. The van der Waals surface area contributed by atoms with Gasteiger partial charge in [0.05, 0.1) is 6.04 Å². The first-order valence-corrected chi connectivity index (χ1v) is 5.18. The van der Waals surface area contributed by atoms with Gasteiger partial charge in [0.1, 0.15) is 0 Å². The lowest BCUT2D eigenvalue weighted by atomic mass is 9.99. The van der Waals surface area contributed by atoms with Crippen molar-refractivity contribution in [2.75, 3.05) is 7.05 Å². The van der Waals surface area contributed by atoms with Crippen LogP contribution in [0.15, 0.2) is 24.3 Å². The van der Waals surface area contributed by atoms with Crippen LogP contribution in [0.4, 0.5) is 0 Å². The van der Waals surface area contributed by atoms with Crippen LogP contribution in [0.2, 0.25) is 0 Å². The second-order valence-corrected chi connectivity index (χ2v) is 4.14. The fourth-order valence-electron chi connectivity index (χ4n) is 1.86. The normalized spacial score (nSPS) is 22.7. The molecule has 0 aliphatic heterocycles. The Hall–Kier alpha value is -1.00. The molecule has 0 heterocycles. The van der Waals surface area contributed by atoms with Gasteiger partial charge in [-0.05, 0) is 19.4 Å². The van der Waals surface area contributed by atoms with Gasteiger partial charge in [-0.3, -0.25) is 4.90 Å². The predicted octanol–water partition coefficient (Wildman–Crippen LogP) is 2.46. The van der Waals surface area contributed by atoms with Crippen molar-refractivity contribution in [1.29, 1.82) is 0 Å². The standard InChI is InChI=1S/C13H19N/c1-5-13(11(2)3)14(4)12-9-7-6-8-10-12/h1,6-9,11-13H,10H2,2-4H3. The molecule has 14 heavy (non-hydrogen) atoms. The van der Waals surface area contributed by atoms with Crippen LogP contribution in [0.3, 0.4) is 0 Å². The second kappa shape index (κ2) is 5.02. The molecule has 1 rings (SSSR count). The summed E-state index contributed by atoms with van der Waals surface area (Å²) in [5.74, 6) is 3.37. The molecule has 0 fully saturated rings. The van der Waals surface area contributed by atoms with E-state index in [0.717, 1.165) is 6.42 Å². The Bertz CT molecular complexity index is 267. The third-order valence-corrected chi connectivity index (χ3v) is 2.72. The molecule has 0 N–H and O–H groups in total. The van der Waals surface area contributed by atoms with Crippen LogP contribution in [0.5, 0.6) is 0 Å². The zero-order valence-corrected chi connectivity index (χ0v) is 9.27. The van der Waals surface area contributed by atoms with Crippen molar-refractivity contribution in [3.05, 3.63) is 24.3 Å². The molecule has 0 bridgehead atoms. The molecular weight excluding hydrogens is 170 g/mol. The van der Waals surface area contributed by atoms with Crippen LogP contribution in [-0.4, -0.2) is 24.0 Å². The maximum Gasteiger partial charge on any atom is 0.0737 e. The highest BCUT2D eigenvalue weighted by atomic mass is 15.2. The van der Waals surface area contributed by atoms with E-state index in [-0.39, 0.29) is 6.04 Å². The molecule has 0 spiro atoms. The molecule has 0 aromatic heterocycles. The van der Waals surface area contributed by atoms with Gasteiger partial charge in [-0.15, -0.1) is 6.42 Å². The summed E-state index contributed by atoms with van der Waals surface area (Å²) < 4.78 is 0. The van der Waals surface area contributed by atoms with Gasteiger partial charge in [0.15, 0.2) is 0 Å². The first kappa shape index (κ1) is 11.1. The van der Waals surface area contributed by atoms with E-state index in [0.29, 0.717) is 12.0 Å². The zero-order chi connectivity index (χ0) is 10.6. The lowest BCUT2D eigenvalue weighted by molar-refractivity contribution is 0.202. The van der Waals surface area contributed by atoms with Crippen LogP contribution in [0.25, 0.3) is 0 Å². The quantitative estimate of drug-likeness (QED) is 0.616. The van der Waals surface area contributed by atoms with Crippen molar-refractivity contribution in [3.63, 3.8) is 0 Å². The molecule has 0 radical (unpaired) electrons. The van der Waals surface area contributed by atoms with Gasteiger partial charge >= 0.3 is 0 Å². The van der Waals surface area contributed by atoms with Gasteiger partial charge in [-0.25, -0.2) is 0 Å². The fraction of sp³-hybridized carbons (Fsp3) is 0.538. The second-order valence-electron chi connectivity index (χ2n) is 4.14. The van der Waals surface area contributed by atoms with Crippen LogP contribution < -0.4 is 0 Å². The Labute approximate surface area is 87.5 Å². The third kappa shape index (κ3) is 2.49. The van der Waals surface area contributed by atoms with E-state index >= 15 is 0 Å². The number of allylic oxidation sites excluding steroid dienone is 2. The third-order valence-electron chi connectivity index (χ3n) is 2.72. The number of terminal acetylenes is 1. The van der Waals surface area contributed by atoms with Crippen LogP contribution >= 0.6 is 0 Å². The molecule has 0 aromatic carbocycles. The Morgan fingerprint density at radius 3 is 2.57 bits per heavy atom. The molecule has 0 aromatic rings. The van der Waals surface area contributed by atoms with Gasteiger partial charge in [-0.1, -0.05) is 44.1 Å². The fourth-order valence-corrected chi connectivity index (χ4v) is 1.86. The lowest BCUT2D eigenvalue weighted by Gasteiger charge is -2.33. The summed E-state index contributed by atoms with van der Waals surface area (Å²) in [5, 5.41) is 0. The molecule has 1 heteroatoms. The van der Waals surface area contributed by atoms with Gasteiger partial charge in [0.25, 0.3) is 0 Å². The van der Waals surface area contributed by atoms with Crippen LogP contribution in [0, 0.1) is 18.3 Å². The molecule has 1 aliphatic carbocycles. The van der Waals surface area contributed by atoms with Crippen LogP contribution in [0.1, 0.15) is 20.3 Å². The van der Waals surface area contributed by atoms with E-state index < -0.39 is 0 Å². The zero-order valence-electron chi connectivity index (χ0n) is 9.27. The largest absolute Gasteiger partial charge is 0.286 e. The lowest BCUT2D eigenvalue weighted by Crippen LogP contribution is -2.41. The first-order chi connectivity index (χ1) is 6.66. The first-order valence-electron chi connectivity index (χ1n) is 5.18. The number of likely N-dealkylation sites (N-methyl/N-ethyl adjacent to an activating group) is 1. The van der Waals surface area contributed by atoms with Gasteiger partial charge < -0.3 is 0 Å². The summed E-state index contributed by atoms with van der Waals surface area (Å²) in [4.78, 5) is 2.28. The predicted molar refractivity (Wildman–Crippen MR) is 61.9 cm³/mol. The van der Waals surface area contributed by atoms with Crippen molar-refractivity contribution in [2.45, 2.75) is 32.4 Å². The number of rotatable bonds is 3. The molecule has 76 valence electrons. The van der Waals surface area contributed by atoms with Crippen molar-refractivity contribution in [3.8, 4) is 12.3 Å². The molecule has 0 amide bonds. The van der Waals surface area contributed by atoms with Gasteiger partial charge in [0.2, 0.25) is 0 Å². The molecule has 0 saturated carbocycles. The summed E-state index contributed by atoms with van der Waals surface area (Å²) in [5.41, 5.74) is 0. The number of nitrogens with zero attached hydrogens (tertiary/aromatic N) is 1. The Morgan fingerprint density at radius 1 is 1.43 bits per heavy atom. The molecular formula is C13H19N. The summed E-state index contributed by atoms with van der Waals surface area (Å²) in [7, 11) is 2.11. The van der Waals surface area contributed by atoms with Crippen molar-refractivity contribution < 1.29 is 0 Å². The Morgan fingerprint density at radius 2 is 2.14 bits per heavy atom. The minimum atomic E-state index is 0.233. The molecule has 2 atom stereocenters. The topological polar surface area (TPSA) is 3.24 Å². The minimum Gasteiger partial charge on any atom is -0.286 e. The Kier molecular flexibility index (Phi) is 3.98. The number of hydrogen-bond acceptors (Lipinski definition) is 1. The molecule has 2 unspecified atom stereocenters. The summed E-state index contributed by atoms with van der Waals surface area (Å²) >= 11 is 0. The maximum atomic E-state index is 5.55. The average molecular weight is 189 g/mol. The van der Waals surface area contributed by atoms with E-state index in [2.05, 4.69) is 56.0 Å². The summed E-state index contributed by atoms with van der Waals surface area (Å²) in [6.45, 7) is 4.34. The Balaban J connectivity index is 2.64. The van der Waals surface area contributed by atoms with Crippen molar-refractivity contribution >= 4 is 0 Å². The van der Waals surface area contributed by atoms with E-state index in [1.807, 2.05) is 0 Å². The highest BCUT2D eigenvalue weighted by Crippen LogP contribution is 2.16. The summed E-state index contributed by atoms with van der Waals surface area (Å²) in [6.07, 6.45) is 15.2. The van der Waals surface area contributed by atoms with Crippen molar-refractivity contribution in [2.24, 2.45) is 5.92 Å². The van der Waals surface area contributed by atoms with E-state index in [1.165, 1.54) is 0 Å². The molecule has 1 aliphatic rings. The van der Waals surface area contributed by atoms with Gasteiger partial charge in [-0.2, -0.15) is 0 Å². The van der Waals surface area contributed by atoms with Gasteiger partial charge in [0, 0.05) is 6.04 Å². The van der Waals surface area contributed by atoms with E-state index in [9.17, 15) is 0 Å². The smallest absolute Gasteiger partial charge is 0.0737 e. The minimum absolute atomic E-state index is 0.233. The monoisotopic (exact) mass is 189 g/mol. The maximum absolute atomic E-state index is 5.55. The van der Waals surface area contributed by atoms with Crippen molar-refractivity contribution in [1.82, 2.24) is 4.90 Å². The highest BCUT2D eigenvalue weighted by Gasteiger charge is 2.21. The van der Waals surface area contributed by atoms with E-state index in [4.69, 9.17) is 6.42 Å². The van der Waals surface area contributed by atoms with E-state index in [1.54, 1.807) is 0 Å². The van der Waals surface area contributed by atoms with Crippen LogP contribution in [-0.2, 0) is 0 Å². The average Bonchev–Trinajstić information content (AvgIpc) is 2.19. The SMILES string of the molecule is C#CC(C(C)C)N(C)C1C=CC=CC1. The highest BCUT2D eigenvalue weighted by molar-refractivity contribution is 5.15.